The van der Waals surface area contributed by atoms with Gasteiger partial charge in [-0.3, -0.25) is 0 Å². The summed E-state index contributed by atoms with van der Waals surface area (Å²) < 4.78 is 33.1. The molecule has 4 rings (SSSR count). The second-order valence-corrected chi connectivity index (χ2v) is 8.95. The van der Waals surface area contributed by atoms with Crippen molar-refractivity contribution in [2.75, 3.05) is 0 Å². The summed E-state index contributed by atoms with van der Waals surface area (Å²) in [4.78, 5) is 8.06. The summed E-state index contributed by atoms with van der Waals surface area (Å²) in [6, 6.07) is 18.4. The fraction of sp³-hybridized carbons (Fsp3) is 0. The summed E-state index contributed by atoms with van der Waals surface area (Å²) in [7, 11) is 0. The van der Waals surface area contributed by atoms with Crippen molar-refractivity contribution < 1.29 is 18.6 Å². The van der Waals surface area contributed by atoms with Crippen LogP contribution in [0.5, 0.6) is 17.4 Å². The van der Waals surface area contributed by atoms with Crippen LogP contribution in [0.15, 0.2) is 89.8 Å². The molecular formula is C22H15BrF2I2N2O2. The summed E-state index contributed by atoms with van der Waals surface area (Å²) >= 11 is 7.61. The molecule has 0 saturated carbocycles. The Morgan fingerprint density at radius 1 is 0.710 bits per heavy atom. The quantitative estimate of drug-likeness (QED) is 0.172. The molecule has 1 N–H and O–H groups in total. The lowest BCUT2D eigenvalue weighted by Gasteiger charge is -2.03. The number of nitrogens with zero attached hydrogens (tertiary/aromatic N) is 2. The first-order chi connectivity index (χ1) is 14.8. The van der Waals surface area contributed by atoms with Gasteiger partial charge in [-0.1, -0.05) is 0 Å². The summed E-state index contributed by atoms with van der Waals surface area (Å²) in [5.41, 5.74) is 0. The van der Waals surface area contributed by atoms with E-state index in [9.17, 15) is 8.78 Å². The lowest BCUT2D eigenvalue weighted by Crippen LogP contribution is -1.87. The zero-order chi connectivity index (χ0) is 22.6. The fourth-order valence-corrected chi connectivity index (χ4v) is 2.72. The predicted octanol–water partition coefficient (Wildman–Crippen LogP) is 7.60. The molecule has 0 atom stereocenters. The van der Waals surface area contributed by atoms with Crippen molar-refractivity contribution in [1.29, 1.82) is 0 Å². The van der Waals surface area contributed by atoms with E-state index in [1.54, 1.807) is 24.4 Å². The number of rotatable bonds is 2. The van der Waals surface area contributed by atoms with Crippen molar-refractivity contribution >= 4 is 61.1 Å². The molecule has 0 spiro atoms. The summed E-state index contributed by atoms with van der Waals surface area (Å²) in [6.45, 7) is 0. The second kappa shape index (κ2) is 13.5. The Kier molecular flexibility index (Phi) is 11.1. The zero-order valence-corrected chi connectivity index (χ0v) is 21.6. The number of benzene rings is 2. The molecule has 0 bridgehead atoms. The van der Waals surface area contributed by atoms with Gasteiger partial charge in [-0.15, -0.1) is 0 Å². The monoisotopic (exact) mass is 710 g/mol. The molecule has 0 fully saturated rings. The van der Waals surface area contributed by atoms with Crippen molar-refractivity contribution in [3.8, 4) is 17.4 Å². The number of hydrogen-bond acceptors (Lipinski definition) is 4. The van der Waals surface area contributed by atoms with E-state index in [4.69, 9.17) is 9.84 Å². The minimum absolute atomic E-state index is 0.0893. The maximum atomic E-state index is 12.6. The van der Waals surface area contributed by atoms with E-state index in [1.165, 1.54) is 36.4 Å². The van der Waals surface area contributed by atoms with Gasteiger partial charge in [-0.2, -0.15) is 0 Å². The SMILES string of the molecule is Brc1ccc(I)cn1.Fc1ccc(Oc2ccc(I)cn2)cc1.Oc1ccc(F)cc1. The standard InChI is InChI=1S/C11H7FINO.C6H5FO.C5H3BrIN/c12-8-1-4-10(5-2-8)15-11-6-3-9(13)7-14-11;7-5-1-3-6(8)4-2-5;6-5-2-1-4(7)3-8-5/h1-7H;1-4,8H;1-3H. The van der Waals surface area contributed by atoms with E-state index < -0.39 is 0 Å². The molecule has 0 amide bonds. The lowest BCUT2D eigenvalue weighted by molar-refractivity contribution is 0.461. The van der Waals surface area contributed by atoms with Gasteiger partial charge in [0, 0.05) is 25.6 Å². The molecule has 0 aliphatic heterocycles. The third-order valence-electron chi connectivity index (χ3n) is 3.25. The van der Waals surface area contributed by atoms with Crippen LogP contribution in [-0.2, 0) is 0 Å². The van der Waals surface area contributed by atoms with Crippen LogP contribution in [0.25, 0.3) is 0 Å². The Bertz CT molecular complexity index is 922. The molecule has 9 heteroatoms. The first-order valence-electron chi connectivity index (χ1n) is 8.58. The van der Waals surface area contributed by atoms with Gasteiger partial charge >= 0.3 is 0 Å². The van der Waals surface area contributed by atoms with Crippen molar-refractivity contribution in [3.63, 3.8) is 0 Å². The van der Waals surface area contributed by atoms with Crippen molar-refractivity contribution in [1.82, 2.24) is 9.97 Å². The highest BCUT2D eigenvalue weighted by atomic mass is 127. The van der Waals surface area contributed by atoms with Crippen molar-refractivity contribution in [2.24, 2.45) is 0 Å². The molecule has 2 aromatic carbocycles. The molecule has 31 heavy (non-hydrogen) atoms. The number of aromatic hydroxyl groups is 1. The number of hydrogen-bond donors (Lipinski definition) is 1. The molecule has 160 valence electrons. The third kappa shape index (κ3) is 10.8. The molecule has 2 aromatic heterocycles. The van der Waals surface area contributed by atoms with Crippen LogP contribution in [0.4, 0.5) is 8.78 Å². The topological polar surface area (TPSA) is 55.2 Å². The highest BCUT2D eigenvalue weighted by molar-refractivity contribution is 14.1. The van der Waals surface area contributed by atoms with Crippen LogP contribution in [-0.4, -0.2) is 15.1 Å². The first-order valence-corrected chi connectivity index (χ1v) is 11.5. The van der Waals surface area contributed by atoms with Gasteiger partial charge < -0.3 is 9.84 Å². The highest BCUT2D eigenvalue weighted by Gasteiger charge is 1.98. The predicted molar refractivity (Wildman–Crippen MR) is 136 cm³/mol. The van der Waals surface area contributed by atoms with E-state index in [2.05, 4.69) is 71.1 Å². The fourth-order valence-electron chi connectivity index (χ4n) is 1.84. The van der Waals surface area contributed by atoms with E-state index >= 15 is 0 Å². The first kappa shape index (κ1) is 25.4. The van der Waals surface area contributed by atoms with E-state index in [0.717, 1.165) is 11.7 Å². The van der Waals surface area contributed by atoms with Crippen LogP contribution in [0.2, 0.25) is 0 Å². The van der Waals surface area contributed by atoms with Crippen LogP contribution in [0, 0.1) is 18.8 Å². The molecule has 4 nitrogen and oxygen atoms in total. The number of pyridine rings is 2. The molecule has 4 aromatic rings. The van der Waals surface area contributed by atoms with Crippen molar-refractivity contribution in [3.05, 3.63) is 109 Å². The van der Waals surface area contributed by atoms with E-state index in [0.29, 0.717) is 11.6 Å². The number of aromatic nitrogens is 2. The Labute approximate surface area is 214 Å². The minimum atomic E-state index is -0.331. The van der Waals surface area contributed by atoms with Crippen LogP contribution < -0.4 is 4.74 Å². The van der Waals surface area contributed by atoms with E-state index in [-0.39, 0.29) is 17.4 Å². The minimum Gasteiger partial charge on any atom is -0.508 e. The summed E-state index contributed by atoms with van der Waals surface area (Å²) in [5.74, 6) is 0.555. The summed E-state index contributed by atoms with van der Waals surface area (Å²) in [6.07, 6.45) is 3.52. The second-order valence-electron chi connectivity index (χ2n) is 5.65. The maximum Gasteiger partial charge on any atom is 0.219 e. The number of phenolic OH excluding ortho intramolecular Hbond substituents is 1. The molecule has 0 unspecified atom stereocenters. The van der Waals surface area contributed by atoms with Crippen LogP contribution >= 0.6 is 61.1 Å². The van der Waals surface area contributed by atoms with Gasteiger partial charge in [0.25, 0.3) is 0 Å². The van der Waals surface area contributed by atoms with Gasteiger partial charge in [0.1, 0.15) is 27.7 Å². The summed E-state index contributed by atoms with van der Waals surface area (Å²) in [5, 5.41) is 8.59. The molecule has 0 saturated heterocycles. The Morgan fingerprint density at radius 2 is 1.23 bits per heavy atom. The smallest absolute Gasteiger partial charge is 0.219 e. The van der Waals surface area contributed by atoms with Gasteiger partial charge in [-0.25, -0.2) is 18.7 Å². The number of ether oxygens (including phenoxy) is 1. The van der Waals surface area contributed by atoms with Crippen LogP contribution in [0.3, 0.4) is 0 Å². The van der Waals surface area contributed by atoms with Gasteiger partial charge in [0.2, 0.25) is 5.88 Å². The number of halogens is 5. The zero-order valence-electron chi connectivity index (χ0n) is 15.7. The maximum absolute atomic E-state index is 12.6. The Balaban J connectivity index is 0.000000181. The highest BCUT2D eigenvalue weighted by Crippen LogP contribution is 2.19. The normalized spacial score (nSPS) is 9.58. The lowest BCUT2D eigenvalue weighted by atomic mass is 10.3. The average Bonchev–Trinajstić information content (AvgIpc) is 2.76. The Morgan fingerprint density at radius 3 is 1.65 bits per heavy atom. The molecule has 2 heterocycles. The molecular weight excluding hydrogens is 696 g/mol. The largest absolute Gasteiger partial charge is 0.508 e. The number of phenols is 1. The van der Waals surface area contributed by atoms with Gasteiger partial charge in [-0.05, 0) is 128 Å². The molecule has 0 aliphatic carbocycles. The van der Waals surface area contributed by atoms with Crippen molar-refractivity contribution in [2.45, 2.75) is 0 Å². The van der Waals surface area contributed by atoms with Gasteiger partial charge in [0.05, 0.1) is 0 Å². The molecule has 0 radical (unpaired) electrons. The Hall–Kier alpha value is -1.86. The molecule has 0 aliphatic rings. The van der Waals surface area contributed by atoms with Gasteiger partial charge in [0.15, 0.2) is 0 Å². The van der Waals surface area contributed by atoms with E-state index in [1.807, 2.05) is 24.4 Å². The average molecular weight is 711 g/mol. The van der Waals surface area contributed by atoms with Crippen LogP contribution in [0.1, 0.15) is 0 Å². The third-order valence-corrected chi connectivity index (χ3v) is 5.00.